The molecule has 1 aromatic rings. The fraction of sp³-hybridized carbons (Fsp3) is 0.222. The molecule has 0 aliphatic heterocycles. The predicted molar refractivity (Wildman–Crippen MR) is 47.1 cm³/mol. The molecule has 0 fully saturated rings. The van der Waals surface area contributed by atoms with Gasteiger partial charge < -0.3 is 20.1 Å². The first-order chi connectivity index (χ1) is 6.50. The largest absolute Gasteiger partial charge is 0.504 e. The number of phenols is 2. The van der Waals surface area contributed by atoms with E-state index < -0.39 is 12.1 Å². The Morgan fingerprint density at radius 1 is 1.36 bits per heavy atom. The number of aliphatic hydroxyl groups is 1. The van der Waals surface area contributed by atoms with Crippen molar-refractivity contribution in [1.29, 1.82) is 0 Å². The van der Waals surface area contributed by atoms with E-state index in [1.54, 1.807) is 0 Å². The Bertz CT molecular complexity index is 345. The number of aromatic hydroxyl groups is 2. The summed E-state index contributed by atoms with van der Waals surface area (Å²) in [6, 6.07) is 3.56. The number of esters is 1. The lowest BCUT2D eigenvalue weighted by Gasteiger charge is -2.06. The molecule has 0 aliphatic rings. The maximum absolute atomic E-state index is 10.9. The Morgan fingerprint density at radius 2 is 2.00 bits per heavy atom. The number of aliphatic hydroxyl groups excluding tert-OH is 1. The number of carbonyl (C=O) groups excluding carboxylic acids is 1. The Labute approximate surface area is 80.2 Å². The van der Waals surface area contributed by atoms with Crippen molar-refractivity contribution >= 4 is 5.97 Å². The van der Waals surface area contributed by atoms with E-state index in [1.807, 2.05) is 0 Å². The topological polar surface area (TPSA) is 87.0 Å². The second kappa shape index (κ2) is 3.97. The van der Waals surface area contributed by atoms with Gasteiger partial charge in [0.2, 0.25) is 0 Å². The summed E-state index contributed by atoms with van der Waals surface area (Å²) in [5.41, 5.74) is 0. The highest BCUT2D eigenvalue weighted by molar-refractivity contribution is 5.76. The zero-order valence-electron chi connectivity index (χ0n) is 7.47. The van der Waals surface area contributed by atoms with Crippen LogP contribution in [0.5, 0.6) is 17.2 Å². The monoisotopic (exact) mass is 198 g/mol. The van der Waals surface area contributed by atoms with Gasteiger partial charge in [0.15, 0.2) is 11.5 Å². The Morgan fingerprint density at radius 3 is 2.50 bits per heavy atom. The SMILES string of the molecule is C[C@@H](O)C(=O)Oc1ccc(O)c(O)c1. The van der Waals surface area contributed by atoms with Gasteiger partial charge in [-0.15, -0.1) is 0 Å². The lowest BCUT2D eigenvalue weighted by molar-refractivity contribution is -0.142. The number of hydrogen-bond donors (Lipinski definition) is 3. The second-order valence-corrected chi connectivity index (χ2v) is 2.75. The van der Waals surface area contributed by atoms with Crippen molar-refractivity contribution < 1.29 is 24.9 Å². The summed E-state index contributed by atoms with van der Waals surface area (Å²) < 4.78 is 4.65. The van der Waals surface area contributed by atoms with E-state index in [4.69, 9.17) is 15.3 Å². The van der Waals surface area contributed by atoms with Gasteiger partial charge in [0, 0.05) is 6.07 Å². The molecule has 0 amide bonds. The summed E-state index contributed by atoms with van der Waals surface area (Å²) in [4.78, 5) is 10.9. The first-order valence-electron chi connectivity index (χ1n) is 3.92. The molecule has 1 rings (SSSR count). The van der Waals surface area contributed by atoms with Crippen LogP contribution in [-0.4, -0.2) is 27.4 Å². The van der Waals surface area contributed by atoms with Crippen molar-refractivity contribution in [2.75, 3.05) is 0 Å². The van der Waals surface area contributed by atoms with E-state index in [2.05, 4.69) is 4.74 Å². The van der Waals surface area contributed by atoms with Gasteiger partial charge in [0.05, 0.1) is 0 Å². The van der Waals surface area contributed by atoms with E-state index in [1.165, 1.54) is 19.1 Å². The fourth-order valence-electron chi connectivity index (χ4n) is 0.768. The van der Waals surface area contributed by atoms with Gasteiger partial charge in [-0.2, -0.15) is 0 Å². The highest BCUT2D eigenvalue weighted by Crippen LogP contribution is 2.28. The zero-order chi connectivity index (χ0) is 10.7. The summed E-state index contributed by atoms with van der Waals surface area (Å²) in [6.07, 6.45) is -1.23. The van der Waals surface area contributed by atoms with Crippen LogP contribution in [0.15, 0.2) is 18.2 Å². The molecular weight excluding hydrogens is 188 g/mol. The van der Waals surface area contributed by atoms with Crippen LogP contribution < -0.4 is 4.74 Å². The Hall–Kier alpha value is -1.75. The number of phenolic OH excluding ortho intramolecular Hbond substituents is 2. The summed E-state index contributed by atoms with van der Waals surface area (Å²) in [6.45, 7) is 1.27. The van der Waals surface area contributed by atoms with Crippen LogP contribution in [0, 0.1) is 0 Å². The van der Waals surface area contributed by atoms with Crippen LogP contribution in [0.25, 0.3) is 0 Å². The van der Waals surface area contributed by atoms with E-state index in [0.29, 0.717) is 0 Å². The van der Waals surface area contributed by atoms with Gasteiger partial charge in [-0.1, -0.05) is 0 Å². The van der Waals surface area contributed by atoms with Gasteiger partial charge in [-0.25, -0.2) is 4.79 Å². The van der Waals surface area contributed by atoms with Crippen LogP contribution in [0.3, 0.4) is 0 Å². The van der Waals surface area contributed by atoms with Crippen molar-refractivity contribution in [2.45, 2.75) is 13.0 Å². The zero-order valence-corrected chi connectivity index (χ0v) is 7.47. The molecule has 0 heterocycles. The lowest BCUT2D eigenvalue weighted by Crippen LogP contribution is -2.21. The first kappa shape index (κ1) is 10.3. The average molecular weight is 198 g/mol. The van der Waals surface area contributed by atoms with E-state index in [9.17, 15) is 4.79 Å². The molecular formula is C9H10O5. The number of rotatable bonds is 2. The van der Waals surface area contributed by atoms with Gasteiger partial charge in [-0.3, -0.25) is 0 Å². The minimum atomic E-state index is -1.23. The lowest BCUT2D eigenvalue weighted by atomic mass is 10.3. The maximum atomic E-state index is 10.9. The molecule has 5 heteroatoms. The molecule has 0 spiro atoms. The van der Waals surface area contributed by atoms with Gasteiger partial charge in [-0.05, 0) is 19.1 Å². The number of carbonyl (C=O) groups is 1. The summed E-state index contributed by atoms with van der Waals surface area (Å²) in [5.74, 6) is -1.45. The van der Waals surface area contributed by atoms with Crippen molar-refractivity contribution in [3.63, 3.8) is 0 Å². The molecule has 1 atom stereocenters. The van der Waals surface area contributed by atoms with Crippen LogP contribution in [0.1, 0.15) is 6.92 Å². The van der Waals surface area contributed by atoms with Crippen LogP contribution in [-0.2, 0) is 4.79 Å². The van der Waals surface area contributed by atoms with Gasteiger partial charge >= 0.3 is 5.97 Å². The quantitative estimate of drug-likeness (QED) is 0.363. The molecule has 0 saturated carbocycles. The minimum Gasteiger partial charge on any atom is -0.504 e. The molecule has 0 unspecified atom stereocenters. The molecule has 5 nitrogen and oxygen atoms in total. The molecule has 0 aromatic heterocycles. The highest BCUT2D eigenvalue weighted by Gasteiger charge is 2.12. The third-order valence-corrected chi connectivity index (χ3v) is 1.51. The van der Waals surface area contributed by atoms with Crippen molar-refractivity contribution in [3.05, 3.63) is 18.2 Å². The number of hydrogen-bond acceptors (Lipinski definition) is 5. The first-order valence-corrected chi connectivity index (χ1v) is 3.92. The Kier molecular flexibility index (Phi) is 2.93. The van der Waals surface area contributed by atoms with E-state index in [-0.39, 0.29) is 17.2 Å². The maximum Gasteiger partial charge on any atom is 0.340 e. The number of ether oxygens (including phenoxy) is 1. The van der Waals surface area contributed by atoms with Gasteiger partial charge in [0.1, 0.15) is 11.9 Å². The van der Waals surface area contributed by atoms with Crippen LogP contribution in [0.4, 0.5) is 0 Å². The van der Waals surface area contributed by atoms with Crippen molar-refractivity contribution in [3.8, 4) is 17.2 Å². The minimum absolute atomic E-state index is 0.0613. The summed E-state index contributed by atoms with van der Waals surface area (Å²) in [7, 11) is 0. The third kappa shape index (κ3) is 2.37. The van der Waals surface area contributed by atoms with Crippen molar-refractivity contribution in [2.24, 2.45) is 0 Å². The van der Waals surface area contributed by atoms with E-state index in [0.717, 1.165) is 6.07 Å². The standard InChI is InChI=1S/C9H10O5/c1-5(10)9(13)14-6-2-3-7(11)8(12)4-6/h2-5,10-12H,1H3/t5-/m1/s1. The highest BCUT2D eigenvalue weighted by atomic mass is 16.5. The summed E-state index contributed by atoms with van der Waals surface area (Å²) >= 11 is 0. The summed E-state index contributed by atoms with van der Waals surface area (Å²) in [5, 5.41) is 26.8. The predicted octanol–water partition coefficient (Wildman–Crippen LogP) is 0.384. The smallest absolute Gasteiger partial charge is 0.340 e. The third-order valence-electron chi connectivity index (χ3n) is 1.51. The molecule has 14 heavy (non-hydrogen) atoms. The molecule has 0 radical (unpaired) electrons. The van der Waals surface area contributed by atoms with E-state index >= 15 is 0 Å². The molecule has 1 aromatic carbocycles. The van der Waals surface area contributed by atoms with Gasteiger partial charge in [0.25, 0.3) is 0 Å². The number of benzene rings is 1. The molecule has 76 valence electrons. The van der Waals surface area contributed by atoms with Crippen molar-refractivity contribution in [1.82, 2.24) is 0 Å². The molecule has 3 N–H and O–H groups in total. The average Bonchev–Trinajstić information content (AvgIpc) is 2.11. The second-order valence-electron chi connectivity index (χ2n) is 2.75. The molecule has 0 saturated heterocycles. The van der Waals surface area contributed by atoms with Crippen LogP contribution >= 0.6 is 0 Å². The normalized spacial score (nSPS) is 12.1. The Balaban J connectivity index is 2.78. The van der Waals surface area contributed by atoms with Crippen LogP contribution in [0.2, 0.25) is 0 Å². The molecule has 0 bridgehead atoms. The fourth-order valence-corrected chi connectivity index (χ4v) is 0.768. The molecule has 0 aliphatic carbocycles.